The fourth-order valence-electron chi connectivity index (χ4n) is 4.19. The Hall–Kier alpha value is -3.77. The highest BCUT2D eigenvalue weighted by molar-refractivity contribution is 7.93. The van der Waals surface area contributed by atoms with Crippen molar-refractivity contribution in [2.75, 3.05) is 40.5 Å². The minimum atomic E-state index is -4.02. The van der Waals surface area contributed by atoms with Gasteiger partial charge in [-0.25, -0.2) is 21.6 Å². The van der Waals surface area contributed by atoms with E-state index in [0.29, 0.717) is 38.3 Å². The average molecular weight is 587 g/mol. The molecule has 0 saturated carbocycles. The van der Waals surface area contributed by atoms with Crippen LogP contribution in [0.2, 0.25) is 0 Å². The molecule has 0 aliphatic carbocycles. The number of hydrogen-bond donors (Lipinski definition) is 2. The molecule has 0 bridgehead atoms. The van der Waals surface area contributed by atoms with Crippen molar-refractivity contribution in [1.82, 2.24) is 4.90 Å². The van der Waals surface area contributed by atoms with Gasteiger partial charge in [0.15, 0.2) is 0 Å². The van der Waals surface area contributed by atoms with Gasteiger partial charge in [-0.2, -0.15) is 0 Å². The molecule has 1 fully saturated rings. The standard InChI is InChI=1S/C28H34N4O6S2/c1-28(2,3)38-27(33)32-18-10-17-31(19-20-32)22-15-16-25(29-39(34,35)23-11-6-4-7-12-23)26(21-22)30-40(36,37)24-13-8-5-9-14-24/h4-9,11-16,21,29-30H,10,17-20H2,1-3H3. The van der Waals surface area contributed by atoms with Gasteiger partial charge in [-0.15, -0.1) is 0 Å². The molecule has 1 aliphatic heterocycles. The Labute approximate surface area is 236 Å². The minimum Gasteiger partial charge on any atom is -0.444 e. The number of rotatable bonds is 7. The normalized spacial score (nSPS) is 14.8. The van der Waals surface area contributed by atoms with E-state index in [1.807, 2.05) is 25.7 Å². The van der Waals surface area contributed by atoms with E-state index in [0.717, 1.165) is 0 Å². The van der Waals surface area contributed by atoms with Crippen LogP contribution in [0.5, 0.6) is 0 Å². The molecule has 1 aliphatic rings. The Kier molecular flexibility index (Phi) is 8.59. The second-order valence-electron chi connectivity index (χ2n) is 10.4. The van der Waals surface area contributed by atoms with Crippen molar-refractivity contribution >= 4 is 43.2 Å². The van der Waals surface area contributed by atoms with E-state index in [1.165, 1.54) is 30.3 Å². The third-order valence-electron chi connectivity index (χ3n) is 6.11. The summed E-state index contributed by atoms with van der Waals surface area (Å²) in [5.41, 5.74) is 0.238. The molecule has 1 saturated heterocycles. The fraction of sp³-hybridized carbons (Fsp3) is 0.321. The molecule has 1 heterocycles. The molecule has 10 nitrogen and oxygen atoms in total. The van der Waals surface area contributed by atoms with Gasteiger partial charge in [-0.1, -0.05) is 36.4 Å². The summed E-state index contributed by atoms with van der Waals surface area (Å²) in [5.74, 6) is 0. The lowest BCUT2D eigenvalue weighted by molar-refractivity contribution is 0.0263. The highest BCUT2D eigenvalue weighted by atomic mass is 32.2. The summed E-state index contributed by atoms with van der Waals surface area (Å²) < 4.78 is 63.1. The van der Waals surface area contributed by atoms with Gasteiger partial charge in [0.2, 0.25) is 0 Å². The van der Waals surface area contributed by atoms with Crippen molar-refractivity contribution in [2.24, 2.45) is 0 Å². The van der Waals surface area contributed by atoms with E-state index in [-0.39, 0.29) is 27.3 Å². The first-order valence-electron chi connectivity index (χ1n) is 12.9. The monoisotopic (exact) mass is 586 g/mol. The summed E-state index contributed by atoms with van der Waals surface area (Å²) in [5, 5.41) is 0. The number of sulfonamides is 2. The third kappa shape index (κ3) is 7.45. The summed E-state index contributed by atoms with van der Waals surface area (Å²) in [7, 11) is -8.01. The van der Waals surface area contributed by atoms with Crippen LogP contribution >= 0.6 is 0 Å². The highest BCUT2D eigenvalue weighted by Gasteiger charge is 2.26. The third-order valence-corrected chi connectivity index (χ3v) is 8.87. The zero-order valence-corrected chi connectivity index (χ0v) is 24.3. The Morgan fingerprint density at radius 3 is 1.82 bits per heavy atom. The highest BCUT2D eigenvalue weighted by Crippen LogP contribution is 2.32. The van der Waals surface area contributed by atoms with Crippen molar-refractivity contribution in [1.29, 1.82) is 0 Å². The van der Waals surface area contributed by atoms with Crippen molar-refractivity contribution in [3.8, 4) is 0 Å². The number of carbonyl (C=O) groups is 1. The second-order valence-corrected chi connectivity index (χ2v) is 13.7. The molecule has 0 radical (unpaired) electrons. The molecule has 0 spiro atoms. The molecule has 40 heavy (non-hydrogen) atoms. The molecule has 214 valence electrons. The maximum Gasteiger partial charge on any atom is 0.410 e. The molecule has 4 rings (SSSR count). The van der Waals surface area contributed by atoms with Crippen molar-refractivity contribution in [2.45, 2.75) is 42.6 Å². The molecule has 12 heteroatoms. The van der Waals surface area contributed by atoms with Crippen LogP contribution < -0.4 is 14.3 Å². The van der Waals surface area contributed by atoms with Crippen LogP contribution in [0.4, 0.5) is 21.9 Å². The largest absolute Gasteiger partial charge is 0.444 e. The summed E-state index contributed by atoms with van der Waals surface area (Å²) in [4.78, 5) is 16.4. The number of ether oxygens (including phenoxy) is 1. The number of hydrogen-bond acceptors (Lipinski definition) is 7. The van der Waals surface area contributed by atoms with E-state index >= 15 is 0 Å². The quantitative estimate of drug-likeness (QED) is 0.410. The van der Waals surface area contributed by atoms with E-state index in [1.54, 1.807) is 53.4 Å². The number of carbonyl (C=O) groups excluding carboxylic acids is 1. The maximum absolute atomic E-state index is 13.2. The van der Waals surface area contributed by atoms with Crippen LogP contribution in [0, 0.1) is 0 Å². The van der Waals surface area contributed by atoms with Gasteiger partial charge in [0.05, 0.1) is 21.2 Å². The first-order chi connectivity index (χ1) is 18.8. The fourth-order valence-corrected chi connectivity index (χ4v) is 6.39. The van der Waals surface area contributed by atoms with Gasteiger partial charge in [0.25, 0.3) is 20.0 Å². The second kappa shape index (κ2) is 11.8. The zero-order valence-electron chi connectivity index (χ0n) is 22.7. The Balaban J connectivity index is 1.63. The van der Waals surface area contributed by atoms with Crippen LogP contribution in [0.1, 0.15) is 27.2 Å². The summed E-state index contributed by atoms with van der Waals surface area (Å²) >= 11 is 0. The number of anilines is 3. The lowest BCUT2D eigenvalue weighted by atomic mass is 10.2. The molecule has 0 atom stereocenters. The number of nitrogens with zero attached hydrogens (tertiary/aromatic N) is 2. The topological polar surface area (TPSA) is 125 Å². The predicted octanol–water partition coefficient (Wildman–Crippen LogP) is 4.74. The molecule has 0 aromatic heterocycles. The van der Waals surface area contributed by atoms with Crippen molar-refractivity contribution < 1.29 is 26.4 Å². The zero-order chi connectivity index (χ0) is 29.0. The van der Waals surface area contributed by atoms with Crippen molar-refractivity contribution in [3.05, 3.63) is 78.9 Å². The summed E-state index contributed by atoms with van der Waals surface area (Å²) in [6, 6.07) is 20.5. The van der Waals surface area contributed by atoms with E-state index < -0.39 is 25.6 Å². The Morgan fingerprint density at radius 2 is 1.27 bits per heavy atom. The smallest absolute Gasteiger partial charge is 0.410 e. The number of amides is 1. The lowest BCUT2D eigenvalue weighted by Crippen LogP contribution is -2.39. The molecule has 3 aromatic carbocycles. The molecule has 1 amide bonds. The SMILES string of the molecule is CC(C)(C)OC(=O)N1CCCN(c2ccc(NS(=O)(=O)c3ccccc3)c(NS(=O)(=O)c3ccccc3)c2)CC1. The van der Waals surface area contributed by atoms with E-state index in [9.17, 15) is 21.6 Å². The summed E-state index contributed by atoms with van der Waals surface area (Å²) in [6.45, 7) is 7.50. The van der Waals surface area contributed by atoms with Crippen LogP contribution in [0.25, 0.3) is 0 Å². The van der Waals surface area contributed by atoms with Gasteiger partial charge < -0.3 is 14.5 Å². The molecular weight excluding hydrogens is 552 g/mol. The number of benzene rings is 3. The van der Waals surface area contributed by atoms with Gasteiger partial charge in [0, 0.05) is 31.9 Å². The Bertz CT molecular complexity index is 1540. The molecule has 0 unspecified atom stereocenters. The van der Waals surface area contributed by atoms with Gasteiger partial charge in [0.1, 0.15) is 5.60 Å². The molecule has 3 aromatic rings. The van der Waals surface area contributed by atoms with Crippen LogP contribution in [0.15, 0.2) is 88.7 Å². The molecule has 2 N–H and O–H groups in total. The first kappa shape index (κ1) is 29.2. The predicted molar refractivity (Wildman–Crippen MR) is 156 cm³/mol. The van der Waals surface area contributed by atoms with Gasteiger partial charge in [-0.3, -0.25) is 9.44 Å². The van der Waals surface area contributed by atoms with Gasteiger partial charge in [-0.05, 0) is 69.7 Å². The van der Waals surface area contributed by atoms with E-state index in [2.05, 4.69) is 9.44 Å². The van der Waals surface area contributed by atoms with Gasteiger partial charge >= 0.3 is 6.09 Å². The first-order valence-corrected chi connectivity index (χ1v) is 15.8. The van der Waals surface area contributed by atoms with Crippen LogP contribution in [0.3, 0.4) is 0 Å². The maximum atomic E-state index is 13.2. The van der Waals surface area contributed by atoms with E-state index in [4.69, 9.17) is 4.74 Å². The molecular formula is C28H34N4O6S2. The number of nitrogens with one attached hydrogen (secondary N) is 2. The minimum absolute atomic E-state index is 0.0417. The van der Waals surface area contributed by atoms with Crippen LogP contribution in [-0.4, -0.2) is 59.6 Å². The summed E-state index contributed by atoms with van der Waals surface area (Å²) in [6.07, 6.45) is 0.295. The van der Waals surface area contributed by atoms with Crippen LogP contribution in [-0.2, 0) is 24.8 Å². The van der Waals surface area contributed by atoms with Crippen molar-refractivity contribution in [3.63, 3.8) is 0 Å². The lowest BCUT2D eigenvalue weighted by Gasteiger charge is -2.27. The Morgan fingerprint density at radius 1 is 0.725 bits per heavy atom. The average Bonchev–Trinajstić information content (AvgIpc) is 3.16.